The van der Waals surface area contributed by atoms with Crippen LogP contribution in [0.3, 0.4) is 0 Å². The summed E-state index contributed by atoms with van der Waals surface area (Å²) in [6, 6.07) is 11.8. The number of methoxy groups -OCH3 is 1. The minimum absolute atomic E-state index is 0.187. The zero-order valence-corrected chi connectivity index (χ0v) is 20.7. The van der Waals surface area contributed by atoms with E-state index in [0.29, 0.717) is 17.7 Å². The number of nitrogens with zero attached hydrogens (tertiary/aromatic N) is 3. The summed E-state index contributed by atoms with van der Waals surface area (Å²) in [6.07, 6.45) is 0. The van der Waals surface area contributed by atoms with Crippen LogP contribution in [0.1, 0.15) is 43.0 Å². The molecule has 2 aromatic carbocycles. The van der Waals surface area contributed by atoms with Crippen LogP contribution in [-0.2, 0) is 13.1 Å². The van der Waals surface area contributed by atoms with Gasteiger partial charge in [-0.15, -0.1) is 0 Å². The summed E-state index contributed by atoms with van der Waals surface area (Å²) < 4.78 is 5.45. The molecule has 0 radical (unpaired) electrons. The van der Waals surface area contributed by atoms with Crippen molar-refractivity contribution in [1.82, 2.24) is 9.80 Å². The van der Waals surface area contributed by atoms with Gasteiger partial charge in [0.15, 0.2) is 0 Å². The average Bonchev–Trinajstić information content (AvgIpc) is 3.46. The summed E-state index contributed by atoms with van der Waals surface area (Å²) in [5.41, 5.74) is 6.71. The summed E-state index contributed by atoms with van der Waals surface area (Å²) in [5, 5.41) is 3.95. The van der Waals surface area contributed by atoms with E-state index in [-0.39, 0.29) is 11.8 Å². The number of imide groups is 1. The number of piperazine rings is 1. The molecule has 0 N–H and O–H groups in total. The Bertz CT molecular complexity index is 1230. The summed E-state index contributed by atoms with van der Waals surface area (Å²) >= 11 is 1.57. The molecule has 3 aromatic rings. The van der Waals surface area contributed by atoms with Crippen LogP contribution in [0.5, 0.6) is 5.75 Å². The third-order valence-electron chi connectivity index (χ3n) is 7.07. The van der Waals surface area contributed by atoms with E-state index in [9.17, 15) is 9.59 Å². The molecule has 7 heteroatoms. The van der Waals surface area contributed by atoms with Crippen molar-refractivity contribution in [2.45, 2.75) is 26.9 Å². The number of thiophene rings is 1. The number of ether oxygens (including phenoxy) is 1. The number of hydrogen-bond acceptors (Lipinski definition) is 6. The van der Waals surface area contributed by atoms with E-state index in [1.165, 1.54) is 21.6 Å². The number of hydrogen-bond donors (Lipinski definition) is 0. The van der Waals surface area contributed by atoms with E-state index in [0.717, 1.165) is 49.7 Å². The molecule has 34 heavy (non-hydrogen) atoms. The second-order valence-corrected chi connectivity index (χ2v) is 9.75. The Morgan fingerprint density at radius 2 is 1.71 bits per heavy atom. The molecule has 1 saturated heterocycles. The van der Waals surface area contributed by atoms with Crippen molar-refractivity contribution in [3.63, 3.8) is 0 Å². The van der Waals surface area contributed by atoms with Crippen LogP contribution in [0.2, 0.25) is 0 Å². The lowest BCUT2D eigenvalue weighted by atomic mass is 10.0. The van der Waals surface area contributed by atoms with Crippen LogP contribution >= 0.6 is 11.3 Å². The molecule has 0 atom stereocenters. The van der Waals surface area contributed by atoms with E-state index in [1.807, 2.05) is 35.0 Å². The normalized spacial score (nSPS) is 16.3. The Morgan fingerprint density at radius 1 is 0.912 bits per heavy atom. The molecule has 0 aliphatic carbocycles. The highest BCUT2D eigenvalue weighted by Gasteiger charge is 2.38. The van der Waals surface area contributed by atoms with Crippen LogP contribution in [-0.4, -0.2) is 54.9 Å². The molecule has 1 aromatic heterocycles. The Balaban J connectivity index is 1.29. The molecule has 1 fully saturated rings. The Labute approximate surface area is 204 Å². The van der Waals surface area contributed by atoms with Gasteiger partial charge >= 0.3 is 0 Å². The van der Waals surface area contributed by atoms with Crippen LogP contribution < -0.4 is 9.64 Å². The maximum atomic E-state index is 13.3. The topological polar surface area (TPSA) is 53.1 Å². The third-order valence-corrected chi connectivity index (χ3v) is 7.81. The molecule has 3 heterocycles. The van der Waals surface area contributed by atoms with Gasteiger partial charge in [-0.05, 0) is 71.1 Å². The first-order valence-corrected chi connectivity index (χ1v) is 12.5. The monoisotopic (exact) mass is 475 g/mol. The zero-order valence-electron chi connectivity index (χ0n) is 19.8. The lowest BCUT2D eigenvalue weighted by Gasteiger charge is -2.37. The number of amides is 2. The van der Waals surface area contributed by atoms with Gasteiger partial charge in [-0.2, -0.15) is 11.3 Å². The number of carbonyl (C=O) groups is 2. The number of fused-ring (bicyclic) bond motifs is 1. The van der Waals surface area contributed by atoms with E-state index in [2.05, 4.69) is 29.7 Å². The Morgan fingerprint density at radius 3 is 2.41 bits per heavy atom. The van der Waals surface area contributed by atoms with Crippen LogP contribution in [0.4, 0.5) is 5.69 Å². The molecule has 2 aliphatic rings. The first-order valence-electron chi connectivity index (χ1n) is 11.6. The largest absolute Gasteiger partial charge is 0.496 e. The van der Waals surface area contributed by atoms with Crippen LogP contribution in [0.25, 0.3) is 0 Å². The number of carbonyl (C=O) groups excluding carboxylic acids is 2. The molecule has 0 bridgehead atoms. The number of anilines is 1. The highest BCUT2D eigenvalue weighted by molar-refractivity contribution is 7.07. The van der Waals surface area contributed by atoms with Gasteiger partial charge in [-0.3, -0.25) is 19.4 Å². The van der Waals surface area contributed by atoms with Crippen molar-refractivity contribution in [2.24, 2.45) is 0 Å². The summed E-state index contributed by atoms with van der Waals surface area (Å²) in [4.78, 5) is 32.4. The lowest BCUT2D eigenvalue weighted by Crippen LogP contribution is -2.46. The van der Waals surface area contributed by atoms with Gasteiger partial charge in [0.1, 0.15) is 5.75 Å². The highest BCUT2D eigenvalue weighted by Crippen LogP contribution is 2.33. The van der Waals surface area contributed by atoms with Gasteiger partial charge in [-0.25, -0.2) is 0 Å². The van der Waals surface area contributed by atoms with E-state index < -0.39 is 0 Å². The molecule has 0 unspecified atom stereocenters. The van der Waals surface area contributed by atoms with Gasteiger partial charge in [0.05, 0.1) is 30.5 Å². The zero-order chi connectivity index (χ0) is 23.8. The van der Waals surface area contributed by atoms with Crippen molar-refractivity contribution in [2.75, 3.05) is 38.2 Å². The quantitative estimate of drug-likeness (QED) is 0.492. The van der Waals surface area contributed by atoms with Gasteiger partial charge in [0.2, 0.25) is 0 Å². The minimum atomic E-state index is -0.197. The van der Waals surface area contributed by atoms with Crippen LogP contribution in [0, 0.1) is 13.8 Å². The molecule has 6 nitrogen and oxygen atoms in total. The van der Waals surface area contributed by atoms with Gasteiger partial charge in [0.25, 0.3) is 11.8 Å². The molecule has 5 rings (SSSR count). The third kappa shape index (κ3) is 3.99. The summed E-state index contributed by atoms with van der Waals surface area (Å²) in [7, 11) is 1.71. The van der Waals surface area contributed by atoms with Gasteiger partial charge in [-0.1, -0.05) is 12.1 Å². The maximum Gasteiger partial charge on any atom is 0.263 e. The van der Waals surface area contributed by atoms with Crippen molar-refractivity contribution >= 4 is 28.8 Å². The molecule has 2 aliphatic heterocycles. The highest BCUT2D eigenvalue weighted by atomic mass is 32.1. The minimum Gasteiger partial charge on any atom is -0.496 e. The lowest BCUT2D eigenvalue weighted by molar-refractivity contribution is 0.0642. The summed E-state index contributed by atoms with van der Waals surface area (Å²) in [5.74, 6) is 0.543. The fourth-order valence-corrected chi connectivity index (χ4v) is 5.58. The van der Waals surface area contributed by atoms with Gasteiger partial charge < -0.3 is 9.64 Å². The predicted octanol–water partition coefficient (Wildman–Crippen LogP) is 4.49. The van der Waals surface area contributed by atoms with Crippen molar-refractivity contribution in [3.05, 3.63) is 80.5 Å². The molecule has 0 saturated carbocycles. The van der Waals surface area contributed by atoms with Crippen molar-refractivity contribution in [3.8, 4) is 5.75 Å². The smallest absolute Gasteiger partial charge is 0.263 e. The first kappa shape index (κ1) is 22.6. The molecule has 0 spiro atoms. The fourth-order valence-electron chi connectivity index (χ4n) is 4.92. The van der Waals surface area contributed by atoms with Crippen LogP contribution in [0.15, 0.2) is 47.2 Å². The summed E-state index contributed by atoms with van der Waals surface area (Å²) in [6.45, 7) is 8.90. The predicted molar refractivity (Wildman–Crippen MR) is 135 cm³/mol. The fraction of sp³-hybridized carbons (Fsp3) is 0.333. The second-order valence-electron chi connectivity index (χ2n) is 8.97. The van der Waals surface area contributed by atoms with E-state index in [1.54, 1.807) is 24.5 Å². The van der Waals surface area contributed by atoms with Gasteiger partial charge in [0, 0.05) is 32.7 Å². The molecular weight excluding hydrogens is 446 g/mol. The number of rotatable bonds is 6. The molecular formula is C27H29N3O3S. The molecule has 176 valence electrons. The SMILES string of the molecule is COc1ccc(CN2CCN(c3cccc4c3C(=O)N(Cc3ccsc3)C4=O)CC2)c(C)c1C. The van der Waals surface area contributed by atoms with E-state index >= 15 is 0 Å². The Hall–Kier alpha value is -3.16. The first-order chi connectivity index (χ1) is 16.5. The van der Waals surface area contributed by atoms with Crippen molar-refractivity contribution < 1.29 is 14.3 Å². The average molecular weight is 476 g/mol. The second kappa shape index (κ2) is 9.24. The maximum absolute atomic E-state index is 13.3. The van der Waals surface area contributed by atoms with Crippen molar-refractivity contribution in [1.29, 1.82) is 0 Å². The standard InChI is InChI=1S/C27H29N3O3S/c1-18-19(2)24(33-3)8-7-21(18)16-28-10-12-29(13-11-28)23-6-4-5-22-25(23)27(32)30(26(22)31)15-20-9-14-34-17-20/h4-9,14,17H,10-13,15-16H2,1-3H3. The Kier molecular flexibility index (Phi) is 6.15. The van der Waals surface area contributed by atoms with E-state index in [4.69, 9.17) is 4.74 Å². The molecule has 2 amide bonds. The number of benzene rings is 2.